The number of aliphatic imine (C=N–C) groups is 1. The number of guanidine groups is 1. The van der Waals surface area contributed by atoms with E-state index in [4.69, 9.17) is 16.3 Å². The van der Waals surface area contributed by atoms with Gasteiger partial charge < -0.3 is 20.5 Å². The summed E-state index contributed by atoms with van der Waals surface area (Å²) in [7, 11) is 0. The molecule has 1 aromatic heterocycles. The predicted octanol–water partition coefficient (Wildman–Crippen LogP) is 1.49. The molecular weight excluding hydrogens is 469 g/mol. The van der Waals surface area contributed by atoms with Crippen molar-refractivity contribution in [2.75, 3.05) is 45.9 Å². The molecule has 1 aliphatic heterocycles. The summed E-state index contributed by atoms with van der Waals surface area (Å²) in [6.07, 6.45) is 1.71. The Kier molecular flexibility index (Phi) is 10.7. The predicted molar refractivity (Wildman–Crippen MR) is 115 cm³/mol. The monoisotopic (exact) mass is 497 g/mol. The summed E-state index contributed by atoms with van der Waals surface area (Å²) < 4.78 is 5.34. The molecule has 2 rings (SSSR count). The fourth-order valence-electron chi connectivity index (χ4n) is 2.58. The zero-order valence-electron chi connectivity index (χ0n) is 15.4. The first kappa shape index (κ1) is 23.4. The molecule has 1 aliphatic rings. The topological polar surface area (TPSA) is 82.0 Å². The summed E-state index contributed by atoms with van der Waals surface area (Å²) in [6, 6.07) is 3.65. The van der Waals surface area contributed by atoms with Gasteiger partial charge in [-0.25, -0.2) is 9.98 Å². The molecule has 148 valence electrons. The van der Waals surface area contributed by atoms with E-state index in [1.54, 1.807) is 12.3 Å². The SMILES string of the molecule is CCNC(=NCc1ccc(Cl)nc1)NCC(C)(O)CN1CCOCC1.I. The molecular formula is C17H29ClIN5O2. The Morgan fingerprint density at radius 2 is 2.12 bits per heavy atom. The second-order valence-electron chi connectivity index (χ2n) is 6.42. The molecule has 1 atom stereocenters. The zero-order valence-corrected chi connectivity index (χ0v) is 18.5. The van der Waals surface area contributed by atoms with Gasteiger partial charge in [0.25, 0.3) is 0 Å². The molecule has 26 heavy (non-hydrogen) atoms. The highest BCUT2D eigenvalue weighted by atomic mass is 127. The van der Waals surface area contributed by atoms with Crippen LogP contribution in [0.4, 0.5) is 0 Å². The molecule has 1 unspecified atom stereocenters. The van der Waals surface area contributed by atoms with Crippen molar-refractivity contribution >= 4 is 41.5 Å². The van der Waals surface area contributed by atoms with Crippen molar-refractivity contribution in [2.45, 2.75) is 26.0 Å². The number of pyridine rings is 1. The maximum Gasteiger partial charge on any atom is 0.191 e. The number of nitrogens with one attached hydrogen (secondary N) is 2. The first-order valence-electron chi connectivity index (χ1n) is 8.63. The Morgan fingerprint density at radius 1 is 1.38 bits per heavy atom. The Labute approximate surface area is 177 Å². The van der Waals surface area contributed by atoms with E-state index in [1.807, 2.05) is 19.9 Å². The third-order valence-corrected chi connectivity index (χ3v) is 4.08. The van der Waals surface area contributed by atoms with Crippen molar-refractivity contribution in [3.8, 4) is 0 Å². The fraction of sp³-hybridized carbons (Fsp3) is 0.647. The number of nitrogens with zero attached hydrogens (tertiary/aromatic N) is 3. The second kappa shape index (κ2) is 11.9. The maximum atomic E-state index is 10.6. The minimum atomic E-state index is -0.852. The third kappa shape index (κ3) is 8.81. The summed E-state index contributed by atoms with van der Waals surface area (Å²) in [5.74, 6) is 0.666. The molecule has 2 heterocycles. The summed E-state index contributed by atoms with van der Waals surface area (Å²) in [5.41, 5.74) is 0.122. The number of ether oxygens (including phenoxy) is 1. The van der Waals surface area contributed by atoms with E-state index >= 15 is 0 Å². The molecule has 0 aliphatic carbocycles. The van der Waals surface area contributed by atoms with Crippen molar-refractivity contribution in [1.29, 1.82) is 0 Å². The summed E-state index contributed by atoms with van der Waals surface area (Å²) in [5, 5.41) is 17.5. The first-order chi connectivity index (χ1) is 12.0. The molecule has 1 fully saturated rings. The lowest BCUT2D eigenvalue weighted by atomic mass is 10.1. The van der Waals surface area contributed by atoms with E-state index in [-0.39, 0.29) is 24.0 Å². The summed E-state index contributed by atoms with van der Waals surface area (Å²) in [4.78, 5) is 10.8. The molecule has 7 nitrogen and oxygen atoms in total. The van der Waals surface area contributed by atoms with Crippen LogP contribution in [0, 0.1) is 0 Å². The van der Waals surface area contributed by atoms with Gasteiger partial charge in [-0.2, -0.15) is 0 Å². The molecule has 0 spiro atoms. The summed E-state index contributed by atoms with van der Waals surface area (Å²) >= 11 is 5.79. The minimum Gasteiger partial charge on any atom is -0.387 e. The Balaban J connectivity index is 0.00000338. The molecule has 0 amide bonds. The van der Waals surface area contributed by atoms with Gasteiger partial charge in [0.2, 0.25) is 0 Å². The van der Waals surface area contributed by atoms with Gasteiger partial charge >= 0.3 is 0 Å². The number of aromatic nitrogens is 1. The molecule has 0 saturated carbocycles. The zero-order chi connectivity index (χ0) is 18.1. The maximum absolute atomic E-state index is 10.6. The number of β-amino-alcohol motifs (C(OH)–C–C–N with tert-alkyl or cyclic N) is 1. The average Bonchev–Trinajstić information content (AvgIpc) is 2.59. The highest BCUT2D eigenvalue weighted by Crippen LogP contribution is 2.08. The molecule has 0 aromatic carbocycles. The van der Waals surface area contributed by atoms with E-state index in [0.717, 1.165) is 38.4 Å². The van der Waals surface area contributed by atoms with E-state index < -0.39 is 5.60 Å². The van der Waals surface area contributed by atoms with Crippen LogP contribution in [0.3, 0.4) is 0 Å². The highest BCUT2D eigenvalue weighted by Gasteiger charge is 2.25. The van der Waals surface area contributed by atoms with Crippen LogP contribution in [0.25, 0.3) is 0 Å². The van der Waals surface area contributed by atoms with Crippen molar-refractivity contribution in [1.82, 2.24) is 20.5 Å². The van der Waals surface area contributed by atoms with Gasteiger partial charge in [-0.15, -0.1) is 24.0 Å². The standard InChI is InChI=1S/C17H28ClN5O2.HI/c1-3-19-16(21-11-14-4-5-15(18)20-10-14)22-12-17(2,24)13-23-6-8-25-9-7-23;/h4-5,10,24H,3,6-9,11-13H2,1-2H3,(H2,19,21,22);1H. The second-order valence-corrected chi connectivity index (χ2v) is 6.81. The molecule has 1 aromatic rings. The first-order valence-corrected chi connectivity index (χ1v) is 9.01. The van der Waals surface area contributed by atoms with Crippen molar-refractivity contribution in [3.05, 3.63) is 29.0 Å². The van der Waals surface area contributed by atoms with Crippen LogP contribution in [0.2, 0.25) is 5.15 Å². The van der Waals surface area contributed by atoms with E-state index in [0.29, 0.717) is 30.7 Å². The summed E-state index contributed by atoms with van der Waals surface area (Å²) in [6.45, 7) is 9.25. The van der Waals surface area contributed by atoms with Crippen LogP contribution in [0.1, 0.15) is 19.4 Å². The fourth-order valence-corrected chi connectivity index (χ4v) is 2.69. The number of aliphatic hydroxyl groups is 1. The van der Waals surface area contributed by atoms with Gasteiger partial charge in [0, 0.05) is 38.9 Å². The lowest BCUT2D eigenvalue weighted by molar-refractivity contribution is -0.0201. The van der Waals surface area contributed by atoms with E-state index in [2.05, 4.69) is 25.5 Å². The Hall–Kier alpha value is -0.680. The normalized spacial score (nSPS) is 17.9. The Bertz CT molecular complexity index is 551. The minimum absolute atomic E-state index is 0. The quantitative estimate of drug-likeness (QED) is 0.229. The molecule has 9 heteroatoms. The van der Waals surface area contributed by atoms with Crippen molar-refractivity contribution in [3.63, 3.8) is 0 Å². The number of halogens is 2. The van der Waals surface area contributed by atoms with Gasteiger partial charge in [0.1, 0.15) is 5.15 Å². The molecule has 0 radical (unpaired) electrons. The molecule has 3 N–H and O–H groups in total. The van der Waals surface area contributed by atoms with Gasteiger partial charge in [0.15, 0.2) is 5.96 Å². The highest BCUT2D eigenvalue weighted by molar-refractivity contribution is 14.0. The van der Waals surface area contributed by atoms with Gasteiger partial charge in [-0.3, -0.25) is 4.90 Å². The van der Waals surface area contributed by atoms with E-state index in [1.165, 1.54) is 0 Å². The van der Waals surface area contributed by atoms with Crippen molar-refractivity contribution < 1.29 is 9.84 Å². The van der Waals surface area contributed by atoms with Crippen LogP contribution < -0.4 is 10.6 Å². The van der Waals surface area contributed by atoms with Gasteiger partial charge in [0.05, 0.1) is 25.4 Å². The third-order valence-electron chi connectivity index (χ3n) is 3.86. The lowest BCUT2D eigenvalue weighted by Gasteiger charge is -2.34. The average molecular weight is 498 g/mol. The smallest absolute Gasteiger partial charge is 0.191 e. The van der Waals surface area contributed by atoms with Crippen LogP contribution in [0.5, 0.6) is 0 Å². The van der Waals surface area contributed by atoms with Crippen LogP contribution in [-0.4, -0.2) is 72.5 Å². The number of hydrogen-bond donors (Lipinski definition) is 3. The number of hydrogen-bond acceptors (Lipinski definition) is 5. The number of morpholine rings is 1. The Morgan fingerprint density at radius 3 is 2.73 bits per heavy atom. The van der Waals surface area contributed by atoms with Crippen LogP contribution in [0.15, 0.2) is 23.3 Å². The van der Waals surface area contributed by atoms with Crippen LogP contribution in [-0.2, 0) is 11.3 Å². The molecule has 1 saturated heterocycles. The van der Waals surface area contributed by atoms with Gasteiger partial charge in [-0.1, -0.05) is 17.7 Å². The number of rotatable bonds is 7. The van der Waals surface area contributed by atoms with E-state index in [9.17, 15) is 5.11 Å². The van der Waals surface area contributed by atoms with Crippen LogP contribution >= 0.6 is 35.6 Å². The lowest BCUT2D eigenvalue weighted by Crippen LogP contribution is -2.52. The van der Waals surface area contributed by atoms with Gasteiger partial charge in [-0.05, 0) is 25.5 Å². The van der Waals surface area contributed by atoms with Crippen molar-refractivity contribution in [2.24, 2.45) is 4.99 Å². The molecule has 0 bridgehead atoms. The largest absolute Gasteiger partial charge is 0.387 e.